The van der Waals surface area contributed by atoms with Gasteiger partial charge in [-0.1, -0.05) is 48.6 Å². The van der Waals surface area contributed by atoms with Gasteiger partial charge in [-0.2, -0.15) is 10.5 Å². The van der Waals surface area contributed by atoms with Gasteiger partial charge in [0.05, 0.1) is 14.2 Å². The van der Waals surface area contributed by atoms with E-state index >= 15 is 0 Å². The van der Waals surface area contributed by atoms with Crippen molar-refractivity contribution in [1.82, 2.24) is 0 Å². The van der Waals surface area contributed by atoms with Gasteiger partial charge < -0.3 is 18.9 Å². The van der Waals surface area contributed by atoms with Crippen LogP contribution in [0.25, 0.3) is 24.3 Å². The van der Waals surface area contributed by atoms with E-state index in [1.807, 2.05) is 97.1 Å². The maximum atomic E-state index is 8.61. The first-order valence-corrected chi connectivity index (χ1v) is 10.5. The van der Waals surface area contributed by atoms with Gasteiger partial charge in [-0.3, -0.25) is 0 Å². The molecule has 0 aliphatic carbocycles. The Balaban J connectivity index is 1.78. The number of nitrogens with zero attached hydrogens (tertiary/aromatic N) is 2. The zero-order valence-electron chi connectivity index (χ0n) is 19.0. The Bertz CT molecular complexity index is 1130. The van der Waals surface area contributed by atoms with Gasteiger partial charge in [0.2, 0.25) is 0 Å². The van der Waals surface area contributed by atoms with Crippen LogP contribution >= 0.6 is 0 Å². The molecule has 0 saturated heterocycles. The maximum Gasteiger partial charge on any atom is 0.174 e. The topological polar surface area (TPSA) is 84.5 Å². The number of hydrogen-bond acceptors (Lipinski definition) is 6. The van der Waals surface area contributed by atoms with Gasteiger partial charge in [0.1, 0.15) is 35.1 Å². The van der Waals surface area contributed by atoms with E-state index in [1.54, 1.807) is 14.2 Å². The average molecular weight is 453 g/mol. The number of nitriles is 2. The number of ether oxygens (including phenoxy) is 4. The third-order valence-corrected chi connectivity index (χ3v) is 4.86. The lowest BCUT2D eigenvalue weighted by molar-refractivity contribution is 0.368. The molecule has 0 fully saturated rings. The van der Waals surface area contributed by atoms with E-state index in [1.165, 1.54) is 0 Å². The second kappa shape index (κ2) is 12.4. The van der Waals surface area contributed by atoms with Crippen LogP contribution in [0.3, 0.4) is 0 Å². The normalized spacial score (nSPS) is 10.6. The van der Waals surface area contributed by atoms with Gasteiger partial charge >= 0.3 is 0 Å². The van der Waals surface area contributed by atoms with Crippen LogP contribution in [0, 0.1) is 22.7 Å². The van der Waals surface area contributed by atoms with Crippen LogP contribution in [0.4, 0.5) is 0 Å². The first-order valence-electron chi connectivity index (χ1n) is 10.5. The van der Waals surface area contributed by atoms with Gasteiger partial charge in [0, 0.05) is 11.1 Å². The molecule has 6 heteroatoms. The molecule has 0 amide bonds. The second-order valence-electron chi connectivity index (χ2n) is 7.03. The fourth-order valence-corrected chi connectivity index (χ4v) is 3.16. The van der Waals surface area contributed by atoms with Gasteiger partial charge in [-0.05, 0) is 47.5 Å². The fourth-order valence-electron chi connectivity index (χ4n) is 3.16. The summed E-state index contributed by atoms with van der Waals surface area (Å²) in [6, 6.07) is 22.7. The summed E-state index contributed by atoms with van der Waals surface area (Å²) in [5, 5.41) is 17.2. The zero-order chi connectivity index (χ0) is 24.2. The molecule has 0 bridgehead atoms. The number of rotatable bonds is 10. The van der Waals surface area contributed by atoms with Crippen LogP contribution in [0.15, 0.2) is 60.7 Å². The number of methoxy groups -OCH3 is 2. The van der Waals surface area contributed by atoms with E-state index in [0.717, 1.165) is 22.3 Å². The lowest BCUT2D eigenvalue weighted by Gasteiger charge is -2.11. The summed E-state index contributed by atoms with van der Waals surface area (Å²) < 4.78 is 21.8. The Hall–Kier alpha value is -4.68. The SMILES string of the molecule is COc1cc(C=Cc2ccc(OCC#N)cc2)c(OC)cc1C=Cc1ccc(OCC#N)cc1. The summed E-state index contributed by atoms with van der Waals surface area (Å²) in [4.78, 5) is 0. The maximum absolute atomic E-state index is 8.61. The monoisotopic (exact) mass is 452 g/mol. The van der Waals surface area contributed by atoms with Crippen molar-refractivity contribution in [3.05, 3.63) is 82.9 Å². The highest BCUT2D eigenvalue weighted by molar-refractivity contribution is 5.79. The summed E-state index contributed by atoms with van der Waals surface area (Å²) in [7, 11) is 3.27. The van der Waals surface area contributed by atoms with Crippen molar-refractivity contribution < 1.29 is 18.9 Å². The molecule has 0 N–H and O–H groups in total. The molecule has 0 spiro atoms. The minimum Gasteiger partial charge on any atom is -0.496 e. The van der Waals surface area contributed by atoms with Crippen molar-refractivity contribution in [2.45, 2.75) is 0 Å². The molecule has 0 unspecified atom stereocenters. The lowest BCUT2D eigenvalue weighted by Crippen LogP contribution is -1.93. The van der Waals surface area contributed by atoms with Crippen LogP contribution in [-0.2, 0) is 0 Å². The number of hydrogen-bond donors (Lipinski definition) is 0. The van der Waals surface area contributed by atoms with Gasteiger partial charge in [-0.15, -0.1) is 0 Å². The molecule has 0 aromatic heterocycles. The molecular weight excluding hydrogens is 428 g/mol. The summed E-state index contributed by atoms with van der Waals surface area (Å²) in [6.07, 6.45) is 7.85. The van der Waals surface area contributed by atoms with E-state index in [4.69, 9.17) is 29.5 Å². The van der Waals surface area contributed by atoms with E-state index in [-0.39, 0.29) is 13.2 Å². The van der Waals surface area contributed by atoms with Crippen LogP contribution in [-0.4, -0.2) is 27.4 Å². The highest BCUT2D eigenvalue weighted by Gasteiger charge is 2.08. The Morgan fingerprint density at radius 2 is 1.00 bits per heavy atom. The van der Waals surface area contributed by atoms with Gasteiger partial charge in [0.25, 0.3) is 0 Å². The first-order chi connectivity index (χ1) is 16.7. The molecule has 3 aromatic carbocycles. The molecule has 0 saturated carbocycles. The summed E-state index contributed by atoms with van der Waals surface area (Å²) in [5.41, 5.74) is 3.72. The third kappa shape index (κ3) is 6.66. The van der Waals surface area contributed by atoms with E-state index < -0.39 is 0 Å². The summed E-state index contributed by atoms with van der Waals surface area (Å²) in [6.45, 7) is 0.0457. The molecular formula is C28H24N2O4. The van der Waals surface area contributed by atoms with Gasteiger partial charge in [0.15, 0.2) is 13.2 Å². The predicted molar refractivity (Wildman–Crippen MR) is 133 cm³/mol. The van der Waals surface area contributed by atoms with E-state index in [2.05, 4.69) is 0 Å². The van der Waals surface area contributed by atoms with Crippen molar-refractivity contribution in [1.29, 1.82) is 10.5 Å². The molecule has 3 aromatic rings. The Labute approximate surface area is 199 Å². The molecule has 34 heavy (non-hydrogen) atoms. The quantitative estimate of drug-likeness (QED) is 0.359. The van der Waals surface area contributed by atoms with Crippen molar-refractivity contribution in [2.75, 3.05) is 27.4 Å². The largest absolute Gasteiger partial charge is 0.496 e. The highest BCUT2D eigenvalue weighted by atomic mass is 16.5. The highest BCUT2D eigenvalue weighted by Crippen LogP contribution is 2.32. The molecule has 0 aliphatic heterocycles. The Morgan fingerprint density at radius 1 is 0.618 bits per heavy atom. The van der Waals surface area contributed by atoms with Crippen LogP contribution < -0.4 is 18.9 Å². The third-order valence-electron chi connectivity index (χ3n) is 4.86. The first kappa shape index (κ1) is 24.0. The lowest BCUT2D eigenvalue weighted by atomic mass is 10.1. The van der Waals surface area contributed by atoms with Crippen molar-refractivity contribution in [3.8, 4) is 35.1 Å². The Kier molecular flexibility index (Phi) is 8.73. The van der Waals surface area contributed by atoms with Gasteiger partial charge in [-0.25, -0.2) is 0 Å². The zero-order valence-corrected chi connectivity index (χ0v) is 19.0. The fraction of sp³-hybridized carbons (Fsp3) is 0.143. The van der Waals surface area contributed by atoms with Crippen molar-refractivity contribution >= 4 is 24.3 Å². The predicted octanol–water partition coefficient (Wildman–Crippen LogP) is 5.85. The molecule has 170 valence electrons. The summed E-state index contributed by atoms with van der Waals surface area (Å²) in [5.74, 6) is 2.73. The molecule has 3 rings (SSSR count). The van der Waals surface area contributed by atoms with E-state index in [0.29, 0.717) is 23.0 Å². The van der Waals surface area contributed by atoms with Crippen LogP contribution in [0.5, 0.6) is 23.0 Å². The minimum absolute atomic E-state index is 0.0229. The molecule has 0 atom stereocenters. The molecule has 0 heterocycles. The van der Waals surface area contributed by atoms with Crippen molar-refractivity contribution in [3.63, 3.8) is 0 Å². The minimum atomic E-state index is 0.0229. The standard InChI is InChI=1S/C28H24N2O4/c1-31-27-19-24(10-4-22-7-13-26(14-8-22)34-18-16-30)28(32-2)20-23(27)9-3-21-5-11-25(12-6-21)33-17-15-29/h3-14,19-20H,17-18H2,1-2H3. The van der Waals surface area contributed by atoms with E-state index in [9.17, 15) is 0 Å². The smallest absolute Gasteiger partial charge is 0.174 e. The summed E-state index contributed by atoms with van der Waals surface area (Å²) >= 11 is 0. The number of benzene rings is 3. The van der Waals surface area contributed by atoms with Crippen LogP contribution in [0.2, 0.25) is 0 Å². The molecule has 6 nitrogen and oxygen atoms in total. The van der Waals surface area contributed by atoms with Crippen LogP contribution in [0.1, 0.15) is 22.3 Å². The van der Waals surface area contributed by atoms with Crippen molar-refractivity contribution in [2.24, 2.45) is 0 Å². The molecule has 0 radical (unpaired) electrons. The molecule has 0 aliphatic rings. The Morgan fingerprint density at radius 3 is 1.32 bits per heavy atom. The average Bonchev–Trinajstić information content (AvgIpc) is 2.89. The second-order valence-corrected chi connectivity index (χ2v) is 7.03.